The second-order valence-electron chi connectivity index (χ2n) is 10.2. The molecule has 0 aliphatic heterocycles. The van der Waals surface area contributed by atoms with Crippen LogP contribution >= 0.6 is 0 Å². The Hall–Kier alpha value is -1.50. The molecule has 6 nitrogen and oxygen atoms in total. The first-order chi connectivity index (χ1) is 13.4. The van der Waals surface area contributed by atoms with Crippen LogP contribution in [0.4, 0.5) is 0 Å². The van der Waals surface area contributed by atoms with Crippen molar-refractivity contribution in [2.45, 2.75) is 70.7 Å². The molecule has 0 aromatic rings. The molecule has 4 aliphatic carbocycles. The molecular formula is C23H32O6. The summed E-state index contributed by atoms with van der Waals surface area (Å²) in [7, 11) is 0. The van der Waals surface area contributed by atoms with E-state index in [0.29, 0.717) is 17.6 Å². The van der Waals surface area contributed by atoms with Gasteiger partial charge in [0.25, 0.3) is 0 Å². The van der Waals surface area contributed by atoms with E-state index < -0.39 is 28.6 Å². The Balaban J connectivity index is 1.87. The van der Waals surface area contributed by atoms with Gasteiger partial charge in [0.2, 0.25) is 0 Å². The van der Waals surface area contributed by atoms with E-state index in [1.54, 1.807) is 19.9 Å². The van der Waals surface area contributed by atoms with Crippen LogP contribution in [0.2, 0.25) is 0 Å². The van der Waals surface area contributed by atoms with Gasteiger partial charge in [0.05, 0.1) is 12.2 Å². The van der Waals surface area contributed by atoms with Gasteiger partial charge in [-0.15, -0.1) is 0 Å². The molecule has 2 fully saturated rings. The van der Waals surface area contributed by atoms with Crippen LogP contribution in [-0.4, -0.2) is 50.5 Å². The molecule has 0 heterocycles. The van der Waals surface area contributed by atoms with Crippen molar-refractivity contribution in [1.29, 1.82) is 0 Å². The summed E-state index contributed by atoms with van der Waals surface area (Å²) in [4.78, 5) is 25.1. The number of aliphatic hydroxyl groups is 3. The lowest BCUT2D eigenvalue weighted by molar-refractivity contribution is -0.187. The molecule has 0 saturated heterocycles. The average molecular weight is 405 g/mol. The third-order valence-electron chi connectivity index (χ3n) is 8.46. The zero-order valence-corrected chi connectivity index (χ0v) is 17.9. The van der Waals surface area contributed by atoms with Crippen molar-refractivity contribution >= 4 is 11.8 Å². The zero-order chi connectivity index (χ0) is 21.6. The van der Waals surface area contributed by atoms with E-state index in [0.717, 1.165) is 0 Å². The van der Waals surface area contributed by atoms with Crippen LogP contribution in [-0.2, 0) is 14.3 Å². The van der Waals surface area contributed by atoms with Gasteiger partial charge in [-0.2, -0.15) is 0 Å². The van der Waals surface area contributed by atoms with Gasteiger partial charge in [0.15, 0.2) is 5.78 Å². The predicted octanol–water partition coefficient (Wildman–Crippen LogP) is 1.92. The fourth-order valence-corrected chi connectivity index (χ4v) is 6.87. The van der Waals surface area contributed by atoms with E-state index in [4.69, 9.17) is 4.74 Å². The number of Topliss-reactive ketones (excluding diaryl/α,β-unsaturated/α-hetero) is 1. The summed E-state index contributed by atoms with van der Waals surface area (Å²) in [6.07, 6.45) is 4.31. The summed E-state index contributed by atoms with van der Waals surface area (Å²) < 4.78 is 5.98. The maximum Gasteiger partial charge on any atom is 0.306 e. The molecule has 0 amide bonds. The number of rotatable bonds is 3. The summed E-state index contributed by atoms with van der Waals surface area (Å²) in [5.41, 5.74) is -3.18. The minimum Gasteiger partial charge on any atom is -0.458 e. The number of ketones is 1. The lowest BCUT2D eigenvalue weighted by atomic mass is 9.60. The maximum atomic E-state index is 12.9. The second kappa shape index (κ2) is 6.02. The zero-order valence-electron chi connectivity index (χ0n) is 17.9. The molecule has 6 heteroatoms. The Bertz CT molecular complexity index is 840. The van der Waals surface area contributed by atoms with E-state index in [9.17, 15) is 24.9 Å². The number of carbonyl (C=O) groups excluding carboxylic acids is 2. The van der Waals surface area contributed by atoms with Crippen molar-refractivity contribution < 1.29 is 29.6 Å². The number of esters is 1. The Morgan fingerprint density at radius 1 is 1.28 bits per heavy atom. The minimum atomic E-state index is -1.75. The summed E-state index contributed by atoms with van der Waals surface area (Å²) in [6.45, 7) is 9.13. The third-order valence-corrected chi connectivity index (χ3v) is 8.46. The molecule has 3 N–H and O–H groups in total. The minimum absolute atomic E-state index is 0.00126. The summed E-state index contributed by atoms with van der Waals surface area (Å²) in [5.74, 6) is -2.33. The van der Waals surface area contributed by atoms with E-state index >= 15 is 0 Å². The second-order valence-corrected chi connectivity index (χ2v) is 10.2. The number of fused-ring (bicyclic) bond motifs is 5. The Kier molecular flexibility index (Phi) is 4.31. The van der Waals surface area contributed by atoms with Gasteiger partial charge in [-0.05, 0) is 30.4 Å². The van der Waals surface area contributed by atoms with E-state index in [1.807, 2.05) is 26.8 Å². The SMILES string of the molecule is CCC(=O)O[C@@]12C[C@@H](C)[C@@]3(O)C(C=C(CO)C[C@]4(O)C(=O)C(C)=C[C@@H]34)[C@H]1C2(C)C. The van der Waals surface area contributed by atoms with Gasteiger partial charge in [0, 0.05) is 36.0 Å². The molecule has 4 aliphatic rings. The van der Waals surface area contributed by atoms with Crippen molar-refractivity contribution in [1.82, 2.24) is 0 Å². The van der Waals surface area contributed by atoms with Crippen molar-refractivity contribution in [3.63, 3.8) is 0 Å². The van der Waals surface area contributed by atoms with Gasteiger partial charge in [-0.1, -0.05) is 39.8 Å². The van der Waals surface area contributed by atoms with E-state index in [2.05, 4.69) is 0 Å². The maximum absolute atomic E-state index is 12.9. The van der Waals surface area contributed by atoms with Gasteiger partial charge in [-0.3, -0.25) is 9.59 Å². The smallest absolute Gasteiger partial charge is 0.306 e. The highest BCUT2D eigenvalue weighted by Gasteiger charge is 2.83. The van der Waals surface area contributed by atoms with Crippen molar-refractivity contribution in [2.24, 2.45) is 29.1 Å². The fraction of sp³-hybridized carbons (Fsp3) is 0.739. The van der Waals surface area contributed by atoms with E-state index in [-0.39, 0.29) is 48.5 Å². The van der Waals surface area contributed by atoms with Crippen molar-refractivity contribution in [3.8, 4) is 0 Å². The standard InChI is InChI=1S/C23H32O6/c1-6-17(25)29-22-9-13(3)23(28)15(18(22)20(22,4)5)8-14(11-24)10-21(27)16(23)7-12(2)19(21)26/h7-8,13,15-16,18,24,27-28H,6,9-11H2,1-5H3/t13-,15?,16-,18+,21-,22+,23-/m1/s1. The number of hydrogen-bond donors (Lipinski definition) is 3. The molecule has 1 unspecified atom stereocenters. The largest absolute Gasteiger partial charge is 0.458 e. The molecule has 4 rings (SSSR count). The van der Waals surface area contributed by atoms with Crippen molar-refractivity contribution in [2.75, 3.05) is 6.61 Å². The highest BCUT2D eigenvalue weighted by molar-refractivity contribution is 6.04. The van der Waals surface area contributed by atoms with Crippen LogP contribution in [0, 0.1) is 29.1 Å². The average Bonchev–Trinajstić information content (AvgIpc) is 3.06. The normalized spacial score (nSPS) is 47.2. The molecule has 0 bridgehead atoms. The molecular weight excluding hydrogens is 372 g/mol. The number of ether oxygens (including phenoxy) is 1. The highest BCUT2D eigenvalue weighted by Crippen LogP contribution is 2.76. The summed E-state index contributed by atoms with van der Waals surface area (Å²) in [6, 6.07) is 0. The molecule has 0 aromatic carbocycles. The summed E-state index contributed by atoms with van der Waals surface area (Å²) in [5, 5.41) is 33.5. The van der Waals surface area contributed by atoms with Crippen LogP contribution in [0.3, 0.4) is 0 Å². The number of aliphatic hydroxyl groups excluding tert-OH is 1. The molecule has 160 valence electrons. The molecule has 0 radical (unpaired) electrons. The molecule has 7 atom stereocenters. The Morgan fingerprint density at radius 3 is 2.52 bits per heavy atom. The van der Waals surface area contributed by atoms with Crippen LogP contribution in [0.5, 0.6) is 0 Å². The van der Waals surface area contributed by atoms with Crippen LogP contribution in [0.25, 0.3) is 0 Å². The molecule has 0 spiro atoms. The number of hydrogen-bond acceptors (Lipinski definition) is 6. The first-order valence-corrected chi connectivity index (χ1v) is 10.6. The first-order valence-electron chi connectivity index (χ1n) is 10.6. The topological polar surface area (TPSA) is 104 Å². The van der Waals surface area contributed by atoms with E-state index in [1.165, 1.54) is 0 Å². The molecule has 29 heavy (non-hydrogen) atoms. The fourth-order valence-electron chi connectivity index (χ4n) is 6.87. The predicted molar refractivity (Wildman–Crippen MR) is 106 cm³/mol. The molecule has 0 aromatic heterocycles. The van der Waals surface area contributed by atoms with Crippen LogP contribution < -0.4 is 0 Å². The number of carbonyl (C=O) groups is 2. The highest BCUT2D eigenvalue weighted by atomic mass is 16.6. The van der Waals surface area contributed by atoms with Crippen LogP contribution in [0.1, 0.15) is 53.9 Å². The third kappa shape index (κ3) is 2.34. The monoisotopic (exact) mass is 404 g/mol. The van der Waals surface area contributed by atoms with Gasteiger partial charge >= 0.3 is 5.97 Å². The van der Waals surface area contributed by atoms with Crippen molar-refractivity contribution in [3.05, 3.63) is 23.3 Å². The van der Waals surface area contributed by atoms with Gasteiger partial charge in [-0.25, -0.2) is 0 Å². The van der Waals surface area contributed by atoms with Gasteiger partial charge < -0.3 is 20.1 Å². The first kappa shape index (κ1) is 20.8. The van der Waals surface area contributed by atoms with Gasteiger partial charge in [0.1, 0.15) is 11.2 Å². The Morgan fingerprint density at radius 2 is 1.93 bits per heavy atom. The Labute approximate surface area is 171 Å². The lowest BCUT2D eigenvalue weighted by Gasteiger charge is -2.50. The lowest BCUT2D eigenvalue weighted by Crippen LogP contribution is -2.61. The van der Waals surface area contributed by atoms with Crippen LogP contribution in [0.15, 0.2) is 23.3 Å². The quantitative estimate of drug-likeness (QED) is 0.490. The molecule has 2 saturated carbocycles. The summed E-state index contributed by atoms with van der Waals surface area (Å²) >= 11 is 0.